The molecule has 1 rings (SSSR count). The minimum atomic E-state index is -0.464. The van der Waals surface area contributed by atoms with Gasteiger partial charge in [-0.1, -0.05) is 18.5 Å². The maximum absolute atomic E-state index is 12.9. The van der Waals surface area contributed by atoms with Gasteiger partial charge in [-0.2, -0.15) is 11.8 Å². The molecule has 1 aromatic carbocycles. The lowest BCUT2D eigenvalue weighted by molar-refractivity contribution is 0.200. The van der Waals surface area contributed by atoms with Crippen LogP contribution in [0.2, 0.25) is 5.02 Å². The van der Waals surface area contributed by atoms with Crippen molar-refractivity contribution in [1.29, 1.82) is 0 Å². The molecule has 84 valence electrons. The van der Waals surface area contributed by atoms with Gasteiger partial charge in [-0.05, 0) is 29.5 Å². The quantitative estimate of drug-likeness (QED) is 0.864. The Kier molecular flexibility index (Phi) is 5.43. The van der Waals surface area contributed by atoms with Crippen LogP contribution in [0.5, 0.6) is 0 Å². The van der Waals surface area contributed by atoms with Crippen LogP contribution in [-0.4, -0.2) is 22.7 Å². The van der Waals surface area contributed by atoms with E-state index in [4.69, 9.17) is 11.6 Å². The van der Waals surface area contributed by atoms with Crippen LogP contribution >= 0.6 is 23.4 Å². The second kappa shape index (κ2) is 6.36. The number of thioether (sulfide) groups is 1. The van der Waals surface area contributed by atoms with Crippen LogP contribution in [0.15, 0.2) is 18.2 Å². The zero-order valence-electron chi connectivity index (χ0n) is 8.54. The number of hydrogen-bond acceptors (Lipinski definition) is 2. The second-order valence-corrected chi connectivity index (χ2v) is 4.98. The zero-order chi connectivity index (χ0) is 11.3. The van der Waals surface area contributed by atoms with Crippen molar-refractivity contribution in [3.8, 4) is 0 Å². The summed E-state index contributed by atoms with van der Waals surface area (Å²) >= 11 is 7.55. The maximum Gasteiger partial charge on any atom is 0.123 e. The van der Waals surface area contributed by atoms with E-state index in [0.717, 1.165) is 5.75 Å². The molecular formula is C11H14ClFOS. The van der Waals surface area contributed by atoms with Crippen molar-refractivity contribution >= 4 is 23.4 Å². The highest BCUT2D eigenvalue weighted by molar-refractivity contribution is 7.99. The van der Waals surface area contributed by atoms with Gasteiger partial charge in [0.1, 0.15) is 5.82 Å². The van der Waals surface area contributed by atoms with Crippen molar-refractivity contribution in [2.45, 2.75) is 19.4 Å². The molecule has 1 N–H and O–H groups in total. The summed E-state index contributed by atoms with van der Waals surface area (Å²) in [6, 6.07) is 4.22. The summed E-state index contributed by atoms with van der Waals surface area (Å²) in [4.78, 5) is 0. The molecular weight excluding hydrogens is 235 g/mol. The van der Waals surface area contributed by atoms with E-state index in [1.165, 1.54) is 18.2 Å². The van der Waals surface area contributed by atoms with Crippen LogP contribution in [0.4, 0.5) is 4.39 Å². The van der Waals surface area contributed by atoms with Gasteiger partial charge in [0.25, 0.3) is 0 Å². The third-order valence-electron chi connectivity index (χ3n) is 1.98. The fourth-order valence-corrected chi connectivity index (χ4v) is 2.09. The number of aliphatic hydroxyl groups excluding tert-OH is 1. The zero-order valence-corrected chi connectivity index (χ0v) is 10.1. The highest BCUT2D eigenvalue weighted by Gasteiger charge is 2.09. The van der Waals surface area contributed by atoms with Gasteiger partial charge in [0.2, 0.25) is 0 Å². The van der Waals surface area contributed by atoms with Gasteiger partial charge in [-0.3, -0.25) is 0 Å². The summed E-state index contributed by atoms with van der Waals surface area (Å²) in [6.07, 6.45) is -0.0573. The molecule has 1 nitrogen and oxygen atoms in total. The van der Waals surface area contributed by atoms with Crippen molar-refractivity contribution in [3.05, 3.63) is 34.6 Å². The Morgan fingerprint density at radius 3 is 2.93 bits per heavy atom. The molecule has 0 bridgehead atoms. The van der Waals surface area contributed by atoms with E-state index in [1.54, 1.807) is 11.8 Å². The Balaban J connectivity index is 2.59. The van der Waals surface area contributed by atoms with E-state index < -0.39 is 6.10 Å². The van der Waals surface area contributed by atoms with Crippen LogP contribution in [0.3, 0.4) is 0 Å². The maximum atomic E-state index is 12.9. The molecule has 0 radical (unpaired) electrons. The molecule has 0 aliphatic heterocycles. The summed E-state index contributed by atoms with van der Waals surface area (Å²) in [5.74, 6) is 1.31. The van der Waals surface area contributed by atoms with Gasteiger partial charge in [0.15, 0.2) is 0 Å². The van der Waals surface area contributed by atoms with Gasteiger partial charge in [-0.25, -0.2) is 4.39 Å². The summed E-state index contributed by atoms with van der Waals surface area (Å²) in [5.41, 5.74) is 0.667. The highest BCUT2D eigenvalue weighted by atomic mass is 35.5. The van der Waals surface area contributed by atoms with E-state index in [2.05, 4.69) is 0 Å². The molecule has 1 unspecified atom stereocenters. The van der Waals surface area contributed by atoms with E-state index in [-0.39, 0.29) is 5.82 Å². The molecule has 0 saturated heterocycles. The first-order valence-electron chi connectivity index (χ1n) is 4.83. The monoisotopic (exact) mass is 248 g/mol. The fraction of sp³-hybridized carbons (Fsp3) is 0.455. The number of halogens is 2. The van der Waals surface area contributed by atoms with Crippen molar-refractivity contribution in [2.75, 3.05) is 11.5 Å². The van der Waals surface area contributed by atoms with Crippen LogP contribution in [-0.2, 0) is 6.42 Å². The predicted molar refractivity (Wildman–Crippen MR) is 64.1 cm³/mol. The third-order valence-corrected chi connectivity index (χ3v) is 3.38. The molecule has 0 spiro atoms. The number of hydrogen-bond donors (Lipinski definition) is 1. The third kappa shape index (κ3) is 4.41. The summed E-state index contributed by atoms with van der Waals surface area (Å²) in [7, 11) is 0. The molecule has 1 atom stereocenters. The Bertz CT molecular complexity index is 319. The fourth-order valence-electron chi connectivity index (χ4n) is 1.27. The minimum absolute atomic E-state index is 0.315. The lowest BCUT2D eigenvalue weighted by atomic mass is 10.1. The van der Waals surface area contributed by atoms with Crippen molar-refractivity contribution < 1.29 is 9.50 Å². The molecule has 0 aromatic heterocycles. The average molecular weight is 249 g/mol. The van der Waals surface area contributed by atoms with Crippen LogP contribution in [0, 0.1) is 5.82 Å². The van der Waals surface area contributed by atoms with Gasteiger partial charge >= 0.3 is 0 Å². The molecule has 0 aliphatic carbocycles. The number of benzene rings is 1. The topological polar surface area (TPSA) is 20.2 Å². The van der Waals surface area contributed by atoms with E-state index in [9.17, 15) is 9.50 Å². The van der Waals surface area contributed by atoms with E-state index in [0.29, 0.717) is 22.8 Å². The summed E-state index contributed by atoms with van der Waals surface area (Å²) < 4.78 is 12.9. The molecule has 0 heterocycles. The standard InChI is InChI=1S/C11H14ClFOS/c1-2-15-7-10(14)6-8-5-9(13)3-4-11(8)12/h3-5,10,14H,2,6-7H2,1H3. The first-order valence-corrected chi connectivity index (χ1v) is 6.36. The predicted octanol–water partition coefficient (Wildman–Crippen LogP) is 3.14. The number of aliphatic hydroxyl groups is 1. The molecule has 0 amide bonds. The van der Waals surface area contributed by atoms with Crippen molar-refractivity contribution in [3.63, 3.8) is 0 Å². The molecule has 0 aliphatic rings. The summed E-state index contributed by atoms with van der Waals surface area (Å²) in [5, 5.41) is 10.2. The van der Waals surface area contributed by atoms with Gasteiger partial charge < -0.3 is 5.11 Å². The molecule has 0 saturated carbocycles. The molecule has 1 aromatic rings. The average Bonchev–Trinajstić information content (AvgIpc) is 2.20. The van der Waals surface area contributed by atoms with Gasteiger partial charge in [-0.15, -0.1) is 0 Å². The van der Waals surface area contributed by atoms with Crippen molar-refractivity contribution in [2.24, 2.45) is 0 Å². The summed E-state index contributed by atoms with van der Waals surface area (Å²) in [6.45, 7) is 2.03. The van der Waals surface area contributed by atoms with Gasteiger partial charge in [0.05, 0.1) is 6.10 Å². The minimum Gasteiger partial charge on any atom is -0.392 e. The first kappa shape index (κ1) is 12.8. The van der Waals surface area contributed by atoms with Crippen molar-refractivity contribution in [1.82, 2.24) is 0 Å². The Labute approximate surface area is 98.6 Å². The normalized spacial score (nSPS) is 12.8. The van der Waals surface area contributed by atoms with Gasteiger partial charge in [0, 0.05) is 17.2 Å². The van der Waals surface area contributed by atoms with E-state index >= 15 is 0 Å². The van der Waals surface area contributed by atoms with E-state index in [1.807, 2.05) is 6.92 Å². The first-order chi connectivity index (χ1) is 7.13. The molecule has 15 heavy (non-hydrogen) atoms. The lowest BCUT2D eigenvalue weighted by Crippen LogP contribution is -2.14. The molecule has 4 heteroatoms. The Morgan fingerprint density at radius 1 is 1.53 bits per heavy atom. The van der Waals surface area contributed by atoms with Crippen LogP contribution in [0.25, 0.3) is 0 Å². The molecule has 0 fully saturated rings. The lowest BCUT2D eigenvalue weighted by Gasteiger charge is -2.10. The Morgan fingerprint density at radius 2 is 2.27 bits per heavy atom. The highest BCUT2D eigenvalue weighted by Crippen LogP contribution is 2.19. The smallest absolute Gasteiger partial charge is 0.123 e. The van der Waals surface area contributed by atoms with Crippen LogP contribution < -0.4 is 0 Å². The SMILES string of the molecule is CCSCC(O)Cc1cc(F)ccc1Cl. The second-order valence-electron chi connectivity index (χ2n) is 3.25. The van der Waals surface area contributed by atoms with Crippen LogP contribution in [0.1, 0.15) is 12.5 Å². The largest absolute Gasteiger partial charge is 0.392 e. The Hall–Kier alpha value is -0.250. The number of rotatable bonds is 5.